The Hall–Kier alpha value is -0.790. The van der Waals surface area contributed by atoms with Crippen molar-refractivity contribution >= 4 is 5.84 Å². The molecule has 1 aliphatic heterocycles. The number of amidine groups is 1. The quantitative estimate of drug-likeness (QED) is 0.492. The van der Waals surface area contributed by atoms with E-state index in [1.807, 2.05) is 6.92 Å². The maximum atomic E-state index is 3.99. The molecule has 0 aromatic rings. The van der Waals surface area contributed by atoms with Crippen LogP contribution in [0.15, 0.2) is 16.8 Å². The summed E-state index contributed by atoms with van der Waals surface area (Å²) in [6.07, 6.45) is 3.10. The van der Waals surface area contributed by atoms with E-state index in [0.29, 0.717) is 0 Å². The summed E-state index contributed by atoms with van der Waals surface area (Å²) in [4.78, 5) is 3.99. The van der Waals surface area contributed by atoms with E-state index in [0.717, 1.165) is 12.3 Å². The van der Waals surface area contributed by atoms with Gasteiger partial charge in [-0.15, -0.1) is 0 Å². The van der Waals surface area contributed by atoms with Crippen molar-refractivity contribution in [1.82, 2.24) is 5.32 Å². The van der Waals surface area contributed by atoms with Crippen LogP contribution in [0.2, 0.25) is 0 Å². The van der Waals surface area contributed by atoms with Crippen molar-refractivity contribution < 1.29 is 0 Å². The zero-order valence-corrected chi connectivity index (χ0v) is 5.23. The van der Waals surface area contributed by atoms with Gasteiger partial charge in [0.15, 0.2) is 0 Å². The van der Waals surface area contributed by atoms with Crippen LogP contribution < -0.4 is 5.32 Å². The van der Waals surface area contributed by atoms with E-state index in [2.05, 4.69) is 16.4 Å². The van der Waals surface area contributed by atoms with Gasteiger partial charge in [-0.3, -0.25) is 4.99 Å². The molecule has 0 fully saturated rings. The first-order chi connectivity index (χ1) is 3.83. The minimum Gasteiger partial charge on any atom is -0.348 e. The number of rotatable bonds is 0. The SMILES string of the molecule is CN=C1CC=C(C)N1. The summed E-state index contributed by atoms with van der Waals surface area (Å²) in [5.74, 6) is 1.07. The molecule has 0 unspecified atom stereocenters. The highest BCUT2D eigenvalue weighted by atomic mass is 15.0. The van der Waals surface area contributed by atoms with E-state index in [1.165, 1.54) is 5.70 Å². The van der Waals surface area contributed by atoms with Gasteiger partial charge in [0, 0.05) is 19.2 Å². The van der Waals surface area contributed by atoms with E-state index in [9.17, 15) is 0 Å². The van der Waals surface area contributed by atoms with Crippen LogP contribution >= 0.6 is 0 Å². The molecule has 1 N–H and O–H groups in total. The van der Waals surface area contributed by atoms with Crippen molar-refractivity contribution in [2.24, 2.45) is 4.99 Å². The van der Waals surface area contributed by atoms with Crippen LogP contribution in [0.3, 0.4) is 0 Å². The van der Waals surface area contributed by atoms with Gasteiger partial charge in [0.25, 0.3) is 0 Å². The molecule has 2 nitrogen and oxygen atoms in total. The third kappa shape index (κ3) is 0.886. The van der Waals surface area contributed by atoms with Gasteiger partial charge >= 0.3 is 0 Å². The number of nitrogens with zero attached hydrogens (tertiary/aromatic N) is 1. The molecule has 0 aromatic heterocycles. The third-order valence-corrected chi connectivity index (χ3v) is 1.21. The standard InChI is InChI=1S/C6H10N2/c1-5-3-4-6(7-2)8-5/h3H,4H2,1-2H3,(H,7,8). The van der Waals surface area contributed by atoms with Crippen molar-refractivity contribution in [2.45, 2.75) is 13.3 Å². The van der Waals surface area contributed by atoms with Crippen molar-refractivity contribution in [3.05, 3.63) is 11.8 Å². The predicted octanol–water partition coefficient (Wildman–Crippen LogP) is 0.912. The van der Waals surface area contributed by atoms with Gasteiger partial charge < -0.3 is 5.32 Å². The second-order valence-electron chi connectivity index (χ2n) is 1.89. The van der Waals surface area contributed by atoms with Crippen LogP contribution in [0.5, 0.6) is 0 Å². The van der Waals surface area contributed by atoms with Crippen LogP contribution in [0.25, 0.3) is 0 Å². The van der Waals surface area contributed by atoms with Gasteiger partial charge in [0.1, 0.15) is 5.84 Å². The van der Waals surface area contributed by atoms with Crippen molar-refractivity contribution in [3.8, 4) is 0 Å². The Labute approximate surface area is 49.3 Å². The minimum atomic E-state index is 0.975. The second-order valence-corrected chi connectivity index (χ2v) is 1.89. The van der Waals surface area contributed by atoms with Crippen LogP contribution in [0.4, 0.5) is 0 Å². The molecule has 0 saturated heterocycles. The molecule has 0 saturated carbocycles. The Morgan fingerprint density at radius 2 is 2.50 bits per heavy atom. The van der Waals surface area contributed by atoms with E-state index < -0.39 is 0 Å². The maximum absolute atomic E-state index is 3.99. The molecule has 0 bridgehead atoms. The van der Waals surface area contributed by atoms with Gasteiger partial charge in [-0.25, -0.2) is 0 Å². The number of nitrogens with one attached hydrogen (secondary N) is 1. The lowest BCUT2D eigenvalue weighted by Crippen LogP contribution is -2.13. The van der Waals surface area contributed by atoms with Crippen molar-refractivity contribution in [2.75, 3.05) is 7.05 Å². The minimum absolute atomic E-state index is 0.975. The Balaban J connectivity index is 2.56. The number of allylic oxidation sites excluding steroid dienone is 1. The van der Waals surface area contributed by atoms with E-state index in [-0.39, 0.29) is 0 Å². The van der Waals surface area contributed by atoms with E-state index >= 15 is 0 Å². The predicted molar refractivity (Wildman–Crippen MR) is 34.9 cm³/mol. The largest absolute Gasteiger partial charge is 0.348 e. The number of hydrogen-bond acceptors (Lipinski definition) is 1. The summed E-state index contributed by atoms with van der Waals surface area (Å²) in [5, 5.41) is 3.11. The van der Waals surface area contributed by atoms with Crippen molar-refractivity contribution in [3.63, 3.8) is 0 Å². The van der Waals surface area contributed by atoms with Gasteiger partial charge in [-0.1, -0.05) is 6.08 Å². The zero-order chi connectivity index (χ0) is 5.98. The van der Waals surface area contributed by atoms with Gasteiger partial charge in [-0.2, -0.15) is 0 Å². The lowest BCUT2D eigenvalue weighted by Gasteiger charge is -1.94. The summed E-state index contributed by atoms with van der Waals surface area (Å²) < 4.78 is 0. The van der Waals surface area contributed by atoms with E-state index in [4.69, 9.17) is 0 Å². The highest BCUT2D eigenvalue weighted by Gasteiger charge is 2.02. The highest BCUT2D eigenvalue weighted by molar-refractivity contribution is 5.87. The number of aliphatic imine (C=N–C) groups is 1. The first-order valence-corrected chi connectivity index (χ1v) is 2.72. The molecule has 0 amide bonds. The Morgan fingerprint density at radius 3 is 2.75 bits per heavy atom. The molecule has 0 atom stereocenters. The lowest BCUT2D eigenvalue weighted by molar-refractivity contribution is 1.14. The summed E-state index contributed by atoms with van der Waals surface area (Å²) in [7, 11) is 1.80. The topological polar surface area (TPSA) is 24.4 Å². The summed E-state index contributed by atoms with van der Waals surface area (Å²) in [6, 6.07) is 0. The smallest absolute Gasteiger partial charge is 0.104 e. The molecule has 1 heterocycles. The average molecular weight is 110 g/mol. The molecule has 0 spiro atoms. The highest BCUT2D eigenvalue weighted by Crippen LogP contribution is 2.00. The normalized spacial score (nSPS) is 23.2. The third-order valence-electron chi connectivity index (χ3n) is 1.21. The molecule has 0 aromatic carbocycles. The summed E-state index contributed by atoms with van der Waals surface area (Å²) in [5.41, 5.74) is 1.21. The van der Waals surface area contributed by atoms with Crippen molar-refractivity contribution in [1.29, 1.82) is 0 Å². The fourth-order valence-corrected chi connectivity index (χ4v) is 0.727. The van der Waals surface area contributed by atoms with Crippen LogP contribution in [-0.4, -0.2) is 12.9 Å². The Kier molecular flexibility index (Phi) is 1.33. The lowest BCUT2D eigenvalue weighted by atomic mass is 10.4. The molecule has 0 radical (unpaired) electrons. The molecular weight excluding hydrogens is 100 g/mol. The fraction of sp³-hybridized carbons (Fsp3) is 0.500. The summed E-state index contributed by atoms with van der Waals surface area (Å²) >= 11 is 0. The second kappa shape index (κ2) is 1.99. The monoisotopic (exact) mass is 110 g/mol. The van der Waals surface area contributed by atoms with Crippen LogP contribution in [0.1, 0.15) is 13.3 Å². The van der Waals surface area contributed by atoms with Gasteiger partial charge in [0.2, 0.25) is 0 Å². The maximum Gasteiger partial charge on any atom is 0.104 e. The Bertz CT molecular complexity index is 145. The first kappa shape index (κ1) is 5.35. The molecule has 44 valence electrons. The summed E-state index contributed by atoms with van der Waals surface area (Å²) in [6.45, 7) is 2.04. The Morgan fingerprint density at radius 1 is 1.75 bits per heavy atom. The fourth-order valence-electron chi connectivity index (χ4n) is 0.727. The molecule has 1 rings (SSSR count). The zero-order valence-electron chi connectivity index (χ0n) is 5.23. The molecule has 0 aliphatic carbocycles. The molecular formula is C6H10N2. The number of hydrogen-bond donors (Lipinski definition) is 1. The van der Waals surface area contributed by atoms with E-state index in [1.54, 1.807) is 7.05 Å². The molecule has 2 heteroatoms. The molecule has 8 heavy (non-hydrogen) atoms. The van der Waals surface area contributed by atoms with Gasteiger partial charge in [-0.05, 0) is 6.92 Å². The molecule has 1 aliphatic rings. The van der Waals surface area contributed by atoms with Crippen LogP contribution in [-0.2, 0) is 0 Å². The van der Waals surface area contributed by atoms with Gasteiger partial charge in [0.05, 0.1) is 0 Å². The first-order valence-electron chi connectivity index (χ1n) is 2.72. The van der Waals surface area contributed by atoms with Crippen LogP contribution in [0, 0.1) is 0 Å². The average Bonchev–Trinajstić information content (AvgIpc) is 2.14.